The highest BCUT2D eigenvalue weighted by atomic mass is 16.2. The first kappa shape index (κ1) is 14.2. The fourth-order valence-electron chi connectivity index (χ4n) is 1.49. The van der Waals surface area contributed by atoms with E-state index in [1.165, 1.54) is 6.33 Å². The highest BCUT2D eigenvalue weighted by Gasteiger charge is 2.11. The van der Waals surface area contributed by atoms with E-state index < -0.39 is 0 Å². The number of anilines is 2. The fraction of sp³-hybridized carbons (Fsp3) is 0.545. The van der Waals surface area contributed by atoms with Crippen LogP contribution >= 0.6 is 0 Å². The topological polar surface area (TPSA) is 96.2 Å². The Morgan fingerprint density at radius 2 is 2.06 bits per heavy atom. The van der Waals surface area contributed by atoms with E-state index in [4.69, 9.17) is 5.84 Å². The summed E-state index contributed by atoms with van der Waals surface area (Å²) < 4.78 is 0. The molecule has 7 nitrogen and oxygen atoms in total. The van der Waals surface area contributed by atoms with Gasteiger partial charge >= 0.3 is 0 Å². The maximum Gasteiger partial charge on any atom is 0.241 e. The number of aromatic nitrogens is 2. The second-order valence-electron chi connectivity index (χ2n) is 3.81. The molecule has 0 aromatic carbocycles. The summed E-state index contributed by atoms with van der Waals surface area (Å²) in [4.78, 5) is 21.5. The summed E-state index contributed by atoms with van der Waals surface area (Å²) in [5.74, 6) is 6.60. The van der Waals surface area contributed by atoms with Gasteiger partial charge in [-0.25, -0.2) is 15.8 Å². The molecule has 0 spiro atoms. The average Bonchev–Trinajstić information content (AvgIpc) is 2.42. The molecule has 1 amide bonds. The van der Waals surface area contributed by atoms with E-state index in [9.17, 15) is 4.79 Å². The SMILES string of the molecule is CCc1c(NN)ncnc1NCC(=O)N(C)CC. The summed E-state index contributed by atoms with van der Waals surface area (Å²) in [5, 5.41) is 3.02. The summed E-state index contributed by atoms with van der Waals surface area (Å²) in [6.07, 6.45) is 2.13. The van der Waals surface area contributed by atoms with Gasteiger partial charge in [0, 0.05) is 19.2 Å². The van der Waals surface area contributed by atoms with Crippen LogP contribution in [0.1, 0.15) is 19.4 Å². The van der Waals surface area contributed by atoms with Gasteiger partial charge in [-0.2, -0.15) is 0 Å². The number of nitrogens with one attached hydrogen (secondary N) is 2. The standard InChI is InChI=1S/C11H20N6O/c1-4-8-10(14-7-15-11(8)16-12)13-6-9(18)17(3)5-2/h7H,4-6,12H2,1-3H3,(H2,13,14,15,16). The minimum absolute atomic E-state index is 0.0143. The fourth-order valence-corrected chi connectivity index (χ4v) is 1.49. The second kappa shape index (κ2) is 6.75. The first-order chi connectivity index (χ1) is 8.63. The van der Waals surface area contributed by atoms with Crippen molar-refractivity contribution in [2.45, 2.75) is 20.3 Å². The third-order valence-corrected chi connectivity index (χ3v) is 2.74. The molecule has 1 rings (SSSR count). The Bertz CT molecular complexity index is 409. The number of amides is 1. The van der Waals surface area contributed by atoms with Crippen molar-refractivity contribution in [1.29, 1.82) is 0 Å². The molecule has 1 heterocycles. The second-order valence-corrected chi connectivity index (χ2v) is 3.81. The number of hydrogen-bond acceptors (Lipinski definition) is 6. The number of hydrogen-bond donors (Lipinski definition) is 3. The van der Waals surface area contributed by atoms with Gasteiger partial charge in [0.2, 0.25) is 5.91 Å². The number of nitrogens with two attached hydrogens (primary N) is 1. The molecule has 4 N–H and O–H groups in total. The maximum absolute atomic E-state index is 11.7. The maximum atomic E-state index is 11.7. The Labute approximate surface area is 107 Å². The number of rotatable bonds is 6. The number of nitrogens with zero attached hydrogens (tertiary/aromatic N) is 3. The first-order valence-corrected chi connectivity index (χ1v) is 5.92. The van der Waals surface area contributed by atoms with Gasteiger partial charge in [-0.15, -0.1) is 0 Å². The molecule has 100 valence electrons. The van der Waals surface area contributed by atoms with E-state index in [2.05, 4.69) is 20.7 Å². The first-order valence-electron chi connectivity index (χ1n) is 5.92. The molecular weight excluding hydrogens is 232 g/mol. The van der Waals surface area contributed by atoms with E-state index in [0.717, 1.165) is 12.0 Å². The lowest BCUT2D eigenvalue weighted by atomic mass is 10.2. The van der Waals surface area contributed by atoms with Crippen molar-refractivity contribution in [3.8, 4) is 0 Å². The van der Waals surface area contributed by atoms with Gasteiger partial charge in [0.05, 0.1) is 6.54 Å². The molecule has 0 radical (unpaired) electrons. The van der Waals surface area contributed by atoms with E-state index in [0.29, 0.717) is 18.2 Å². The monoisotopic (exact) mass is 252 g/mol. The highest BCUT2D eigenvalue weighted by molar-refractivity contribution is 5.80. The van der Waals surface area contributed by atoms with Crippen LogP contribution in [-0.4, -0.2) is 40.9 Å². The van der Waals surface area contributed by atoms with E-state index in [1.807, 2.05) is 13.8 Å². The highest BCUT2D eigenvalue weighted by Crippen LogP contribution is 2.19. The Morgan fingerprint density at radius 1 is 1.39 bits per heavy atom. The van der Waals surface area contributed by atoms with E-state index in [1.54, 1.807) is 11.9 Å². The quantitative estimate of drug-likeness (QED) is 0.495. The summed E-state index contributed by atoms with van der Waals surface area (Å²) in [6, 6.07) is 0. The van der Waals surface area contributed by atoms with Crippen molar-refractivity contribution < 1.29 is 4.79 Å². The number of nitrogen functional groups attached to an aromatic ring is 1. The summed E-state index contributed by atoms with van der Waals surface area (Å²) in [6.45, 7) is 4.79. The smallest absolute Gasteiger partial charge is 0.241 e. The molecular formula is C11H20N6O. The summed E-state index contributed by atoms with van der Waals surface area (Å²) in [5.41, 5.74) is 3.39. The number of hydrazine groups is 1. The Morgan fingerprint density at radius 3 is 2.61 bits per heavy atom. The van der Waals surface area contributed by atoms with Crippen LogP contribution in [-0.2, 0) is 11.2 Å². The summed E-state index contributed by atoms with van der Waals surface area (Å²) >= 11 is 0. The Balaban J connectivity index is 2.76. The molecule has 0 fully saturated rings. The number of carbonyl (C=O) groups is 1. The normalized spacial score (nSPS) is 10.0. The molecule has 0 saturated carbocycles. The van der Waals surface area contributed by atoms with Gasteiger partial charge in [-0.1, -0.05) is 6.92 Å². The Kier molecular flexibility index (Phi) is 5.31. The van der Waals surface area contributed by atoms with Gasteiger partial charge in [-0.05, 0) is 13.3 Å². The molecule has 7 heteroatoms. The van der Waals surface area contributed by atoms with Crippen LogP contribution in [0.2, 0.25) is 0 Å². The average molecular weight is 252 g/mol. The van der Waals surface area contributed by atoms with Crippen LogP contribution in [0.5, 0.6) is 0 Å². The van der Waals surface area contributed by atoms with Crippen LogP contribution < -0.4 is 16.6 Å². The predicted molar refractivity (Wildman–Crippen MR) is 71.0 cm³/mol. The lowest BCUT2D eigenvalue weighted by molar-refractivity contribution is -0.127. The molecule has 0 atom stereocenters. The largest absolute Gasteiger partial charge is 0.361 e. The van der Waals surface area contributed by atoms with E-state index >= 15 is 0 Å². The Hall–Kier alpha value is -1.89. The van der Waals surface area contributed by atoms with Crippen molar-refractivity contribution in [3.63, 3.8) is 0 Å². The van der Waals surface area contributed by atoms with Crippen LogP contribution in [0.4, 0.5) is 11.6 Å². The minimum Gasteiger partial charge on any atom is -0.361 e. The summed E-state index contributed by atoms with van der Waals surface area (Å²) in [7, 11) is 1.76. The molecule has 0 aliphatic heterocycles. The lowest BCUT2D eigenvalue weighted by Crippen LogP contribution is -2.32. The van der Waals surface area contributed by atoms with Crippen molar-refractivity contribution in [2.75, 3.05) is 30.9 Å². The zero-order valence-corrected chi connectivity index (χ0v) is 11.0. The molecule has 0 aliphatic rings. The predicted octanol–water partition coefficient (Wildman–Crippen LogP) is 0.215. The van der Waals surface area contributed by atoms with Crippen LogP contribution in [0, 0.1) is 0 Å². The molecule has 1 aromatic rings. The zero-order chi connectivity index (χ0) is 13.5. The molecule has 0 aliphatic carbocycles. The van der Waals surface area contributed by atoms with Gasteiger partial charge in [0.15, 0.2) is 0 Å². The van der Waals surface area contributed by atoms with Crippen LogP contribution in [0.3, 0.4) is 0 Å². The van der Waals surface area contributed by atoms with Crippen molar-refractivity contribution >= 4 is 17.5 Å². The van der Waals surface area contributed by atoms with Crippen molar-refractivity contribution in [2.24, 2.45) is 5.84 Å². The minimum atomic E-state index is 0.0143. The zero-order valence-electron chi connectivity index (χ0n) is 11.0. The van der Waals surface area contributed by atoms with Gasteiger partial charge in [-0.3, -0.25) is 4.79 Å². The van der Waals surface area contributed by atoms with E-state index in [-0.39, 0.29) is 12.5 Å². The molecule has 0 saturated heterocycles. The third-order valence-electron chi connectivity index (χ3n) is 2.74. The molecule has 1 aromatic heterocycles. The lowest BCUT2D eigenvalue weighted by Gasteiger charge is -2.16. The van der Waals surface area contributed by atoms with Gasteiger partial charge < -0.3 is 15.6 Å². The van der Waals surface area contributed by atoms with Gasteiger partial charge in [0.1, 0.15) is 18.0 Å². The number of carbonyl (C=O) groups excluding carboxylic acids is 1. The van der Waals surface area contributed by atoms with Gasteiger partial charge in [0.25, 0.3) is 0 Å². The van der Waals surface area contributed by atoms with Crippen molar-refractivity contribution in [3.05, 3.63) is 11.9 Å². The third kappa shape index (κ3) is 3.30. The van der Waals surface area contributed by atoms with Crippen molar-refractivity contribution in [1.82, 2.24) is 14.9 Å². The van der Waals surface area contributed by atoms with Crippen LogP contribution in [0.25, 0.3) is 0 Å². The van der Waals surface area contributed by atoms with Crippen LogP contribution in [0.15, 0.2) is 6.33 Å². The molecule has 0 bridgehead atoms. The number of likely N-dealkylation sites (N-methyl/N-ethyl adjacent to an activating group) is 1. The molecule has 18 heavy (non-hydrogen) atoms. The molecule has 0 unspecified atom stereocenters.